The molecule has 0 saturated carbocycles. The van der Waals surface area contributed by atoms with Crippen LogP contribution < -0.4 is 14.8 Å². The second-order valence-electron chi connectivity index (χ2n) is 6.25. The predicted molar refractivity (Wildman–Crippen MR) is 89.9 cm³/mol. The van der Waals surface area contributed by atoms with E-state index in [1.54, 1.807) is 12.1 Å². The number of rotatable bonds is 3. The molecule has 2 aliphatic rings. The number of carbonyl (C=O) groups is 1. The van der Waals surface area contributed by atoms with Crippen LogP contribution in [-0.2, 0) is 6.54 Å². The van der Waals surface area contributed by atoms with E-state index in [1.165, 1.54) is 12.1 Å². The molecule has 1 fully saturated rings. The first-order valence-corrected chi connectivity index (χ1v) is 8.39. The van der Waals surface area contributed by atoms with Crippen molar-refractivity contribution in [3.63, 3.8) is 0 Å². The van der Waals surface area contributed by atoms with Gasteiger partial charge in [-0.25, -0.2) is 9.18 Å². The molecule has 1 saturated heterocycles. The van der Waals surface area contributed by atoms with E-state index in [0.29, 0.717) is 18.8 Å². The Bertz CT molecular complexity index is 779. The van der Waals surface area contributed by atoms with E-state index < -0.39 is 0 Å². The molecule has 130 valence electrons. The summed E-state index contributed by atoms with van der Waals surface area (Å²) in [5.74, 6) is 1.17. The van der Waals surface area contributed by atoms with Gasteiger partial charge >= 0.3 is 6.03 Å². The number of benzene rings is 2. The minimum absolute atomic E-state index is 0.00245. The third-order valence-corrected chi connectivity index (χ3v) is 4.65. The highest BCUT2D eigenvalue weighted by Gasteiger charge is 2.29. The topological polar surface area (TPSA) is 50.8 Å². The minimum atomic E-state index is -0.263. The number of carbonyl (C=O) groups excluding carboxylic acids is 1. The molecule has 1 unspecified atom stereocenters. The second-order valence-corrected chi connectivity index (χ2v) is 6.25. The number of fused-ring (bicyclic) bond motifs is 1. The summed E-state index contributed by atoms with van der Waals surface area (Å²) in [6.07, 6.45) is 1.84. The van der Waals surface area contributed by atoms with Crippen LogP contribution in [0.4, 0.5) is 9.18 Å². The maximum Gasteiger partial charge on any atom is 0.318 e. The van der Waals surface area contributed by atoms with Gasteiger partial charge in [-0.1, -0.05) is 18.2 Å². The molecule has 4 rings (SSSR count). The zero-order chi connectivity index (χ0) is 17.2. The molecule has 6 heteroatoms. The normalized spacial score (nSPS) is 18.4. The zero-order valence-corrected chi connectivity index (χ0v) is 13.7. The molecule has 1 N–H and O–H groups in total. The molecule has 5 nitrogen and oxygen atoms in total. The van der Waals surface area contributed by atoms with Gasteiger partial charge in [0.15, 0.2) is 11.5 Å². The van der Waals surface area contributed by atoms with Gasteiger partial charge in [0.05, 0.1) is 6.04 Å². The highest BCUT2D eigenvalue weighted by Crippen LogP contribution is 2.33. The number of likely N-dealkylation sites (tertiary alicyclic amines) is 1. The number of nitrogens with zero attached hydrogens (tertiary/aromatic N) is 1. The molecule has 0 spiro atoms. The molecule has 2 heterocycles. The lowest BCUT2D eigenvalue weighted by Crippen LogP contribution is -2.39. The number of amides is 2. The molecular formula is C19H19FN2O3. The molecule has 0 radical (unpaired) electrons. The summed E-state index contributed by atoms with van der Waals surface area (Å²) in [6.45, 7) is 1.36. The standard InChI is InChI=1S/C19H19FN2O3/c20-15-6-4-14(5-7-15)16-2-1-9-22(16)19(23)21-11-13-3-8-17-18(10-13)25-12-24-17/h3-8,10,16H,1-2,9,11-12H2,(H,21,23). The molecule has 1 atom stereocenters. The predicted octanol–water partition coefficient (Wildman–Crippen LogP) is 3.60. The fourth-order valence-corrected chi connectivity index (χ4v) is 3.37. The van der Waals surface area contributed by atoms with Crippen molar-refractivity contribution in [1.82, 2.24) is 10.2 Å². The maximum atomic E-state index is 13.1. The van der Waals surface area contributed by atoms with Crippen molar-refractivity contribution >= 4 is 6.03 Å². The van der Waals surface area contributed by atoms with Crippen molar-refractivity contribution in [2.45, 2.75) is 25.4 Å². The van der Waals surface area contributed by atoms with Crippen molar-refractivity contribution in [3.8, 4) is 11.5 Å². The van der Waals surface area contributed by atoms with Gasteiger partial charge in [0.1, 0.15) is 5.82 Å². The number of nitrogens with one attached hydrogen (secondary N) is 1. The fraction of sp³-hybridized carbons (Fsp3) is 0.316. The molecule has 2 aliphatic heterocycles. The SMILES string of the molecule is O=C(NCc1ccc2c(c1)OCO2)N1CCCC1c1ccc(F)cc1. The van der Waals surface area contributed by atoms with Crippen LogP contribution in [-0.4, -0.2) is 24.3 Å². The highest BCUT2D eigenvalue weighted by molar-refractivity contribution is 5.75. The van der Waals surface area contributed by atoms with Gasteiger partial charge in [0.25, 0.3) is 0 Å². The summed E-state index contributed by atoms with van der Waals surface area (Å²) in [7, 11) is 0. The summed E-state index contributed by atoms with van der Waals surface area (Å²) in [5.41, 5.74) is 1.92. The van der Waals surface area contributed by atoms with Crippen LogP contribution in [0, 0.1) is 5.82 Å². The Morgan fingerprint density at radius 1 is 1.16 bits per heavy atom. The largest absolute Gasteiger partial charge is 0.454 e. The Hall–Kier alpha value is -2.76. The molecular weight excluding hydrogens is 323 g/mol. The van der Waals surface area contributed by atoms with Crippen LogP contribution in [0.25, 0.3) is 0 Å². The van der Waals surface area contributed by atoms with Gasteiger partial charge in [-0.2, -0.15) is 0 Å². The van der Waals surface area contributed by atoms with Crippen LogP contribution in [0.1, 0.15) is 30.0 Å². The lowest BCUT2D eigenvalue weighted by Gasteiger charge is -2.25. The van der Waals surface area contributed by atoms with Crippen LogP contribution in [0.2, 0.25) is 0 Å². The van der Waals surface area contributed by atoms with Crippen molar-refractivity contribution in [3.05, 3.63) is 59.4 Å². The van der Waals surface area contributed by atoms with Crippen LogP contribution in [0.3, 0.4) is 0 Å². The molecule has 2 aromatic rings. The average Bonchev–Trinajstić information content (AvgIpc) is 3.29. The molecule has 0 aliphatic carbocycles. The van der Waals surface area contributed by atoms with Gasteiger partial charge in [-0.15, -0.1) is 0 Å². The first-order valence-electron chi connectivity index (χ1n) is 8.39. The zero-order valence-electron chi connectivity index (χ0n) is 13.7. The smallest absolute Gasteiger partial charge is 0.318 e. The lowest BCUT2D eigenvalue weighted by atomic mass is 10.0. The summed E-state index contributed by atoms with van der Waals surface area (Å²) in [5, 5.41) is 2.96. The van der Waals surface area contributed by atoms with E-state index in [-0.39, 0.29) is 24.7 Å². The van der Waals surface area contributed by atoms with Crippen molar-refractivity contribution in [1.29, 1.82) is 0 Å². The summed E-state index contributed by atoms with van der Waals surface area (Å²) < 4.78 is 23.8. The molecule has 2 aromatic carbocycles. The molecule has 0 aromatic heterocycles. The van der Waals surface area contributed by atoms with Crippen molar-refractivity contribution in [2.75, 3.05) is 13.3 Å². The van der Waals surface area contributed by atoms with Crippen LogP contribution >= 0.6 is 0 Å². The Balaban J connectivity index is 1.41. The van der Waals surface area contributed by atoms with Gasteiger partial charge in [-0.05, 0) is 48.2 Å². The van der Waals surface area contributed by atoms with Crippen LogP contribution in [0.15, 0.2) is 42.5 Å². The first-order chi connectivity index (χ1) is 12.2. The molecule has 25 heavy (non-hydrogen) atoms. The first kappa shape index (κ1) is 15.7. The second kappa shape index (κ2) is 6.63. The highest BCUT2D eigenvalue weighted by atomic mass is 19.1. The van der Waals surface area contributed by atoms with Crippen molar-refractivity contribution < 1.29 is 18.7 Å². The number of hydrogen-bond acceptors (Lipinski definition) is 3. The van der Waals surface area contributed by atoms with Gasteiger partial charge in [0, 0.05) is 13.1 Å². The average molecular weight is 342 g/mol. The number of halogens is 1. The maximum absolute atomic E-state index is 13.1. The number of ether oxygens (including phenoxy) is 2. The van der Waals surface area contributed by atoms with Gasteiger partial charge < -0.3 is 19.7 Å². The van der Waals surface area contributed by atoms with E-state index in [0.717, 1.165) is 29.7 Å². The van der Waals surface area contributed by atoms with E-state index in [1.807, 2.05) is 23.1 Å². The van der Waals surface area contributed by atoms with E-state index in [2.05, 4.69) is 5.32 Å². The van der Waals surface area contributed by atoms with E-state index in [9.17, 15) is 9.18 Å². The van der Waals surface area contributed by atoms with E-state index >= 15 is 0 Å². The van der Waals surface area contributed by atoms with E-state index in [4.69, 9.17) is 9.47 Å². The number of hydrogen-bond donors (Lipinski definition) is 1. The summed E-state index contributed by atoms with van der Waals surface area (Å²) >= 11 is 0. The minimum Gasteiger partial charge on any atom is -0.454 e. The monoisotopic (exact) mass is 342 g/mol. The Kier molecular flexibility index (Phi) is 4.17. The third kappa shape index (κ3) is 3.24. The Morgan fingerprint density at radius 3 is 2.80 bits per heavy atom. The molecule has 0 bridgehead atoms. The Labute approximate surface area is 145 Å². The fourth-order valence-electron chi connectivity index (χ4n) is 3.37. The van der Waals surface area contributed by atoms with Gasteiger partial charge in [0.2, 0.25) is 6.79 Å². The van der Waals surface area contributed by atoms with Crippen molar-refractivity contribution in [2.24, 2.45) is 0 Å². The number of urea groups is 1. The quantitative estimate of drug-likeness (QED) is 0.927. The van der Waals surface area contributed by atoms with Crippen LogP contribution in [0.5, 0.6) is 11.5 Å². The molecule has 2 amide bonds. The van der Waals surface area contributed by atoms with Gasteiger partial charge in [-0.3, -0.25) is 0 Å². The lowest BCUT2D eigenvalue weighted by molar-refractivity contribution is 0.174. The summed E-state index contributed by atoms with van der Waals surface area (Å²) in [6, 6.07) is 11.9. The Morgan fingerprint density at radius 2 is 1.96 bits per heavy atom. The third-order valence-electron chi connectivity index (χ3n) is 4.65. The summed E-state index contributed by atoms with van der Waals surface area (Å²) in [4.78, 5) is 14.4.